The normalized spacial score (nSPS) is 21.5. The predicted molar refractivity (Wildman–Crippen MR) is 57.8 cm³/mol. The number of carbonyl (C=O) groups is 1. The van der Waals surface area contributed by atoms with Crippen molar-refractivity contribution in [1.29, 1.82) is 0 Å². The van der Waals surface area contributed by atoms with E-state index in [2.05, 4.69) is 12.2 Å². The molecule has 3 N–H and O–H groups in total. The average Bonchev–Trinajstić information content (AvgIpc) is 2.09. The van der Waals surface area contributed by atoms with Crippen LogP contribution in [0.2, 0.25) is 0 Å². The Labute approximate surface area is 86.4 Å². The van der Waals surface area contributed by atoms with Crippen LogP contribution in [0.3, 0.4) is 0 Å². The fraction of sp³-hybridized carbons (Fsp3) is 0.909. The molecule has 0 spiro atoms. The average molecular weight is 198 g/mol. The molecular formula is C11H22N2O. The Balaban J connectivity index is 2.47. The number of rotatable bonds is 4. The van der Waals surface area contributed by atoms with Gasteiger partial charge in [0.25, 0.3) is 0 Å². The largest absolute Gasteiger partial charge is 0.349 e. The van der Waals surface area contributed by atoms with Gasteiger partial charge in [0.15, 0.2) is 0 Å². The van der Waals surface area contributed by atoms with Gasteiger partial charge in [0.1, 0.15) is 0 Å². The number of nitrogens with two attached hydrogens (primary N) is 1. The van der Waals surface area contributed by atoms with E-state index in [1.54, 1.807) is 0 Å². The molecule has 1 aliphatic carbocycles. The molecule has 0 aromatic rings. The molecule has 0 saturated heterocycles. The van der Waals surface area contributed by atoms with Crippen molar-refractivity contribution in [2.45, 2.75) is 58.0 Å². The van der Waals surface area contributed by atoms with Crippen LogP contribution in [-0.2, 0) is 4.79 Å². The lowest BCUT2D eigenvalue weighted by atomic mass is 9.74. The van der Waals surface area contributed by atoms with Crippen LogP contribution in [-0.4, -0.2) is 17.5 Å². The number of hydrogen-bond acceptors (Lipinski definition) is 2. The van der Waals surface area contributed by atoms with Crippen molar-refractivity contribution < 1.29 is 4.79 Å². The summed E-state index contributed by atoms with van der Waals surface area (Å²) in [7, 11) is 0. The zero-order valence-electron chi connectivity index (χ0n) is 9.47. The molecule has 1 fully saturated rings. The highest BCUT2D eigenvalue weighted by Gasteiger charge is 2.37. The van der Waals surface area contributed by atoms with Gasteiger partial charge in [0.2, 0.25) is 5.91 Å². The molecular weight excluding hydrogens is 176 g/mol. The van der Waals surface area contributed by atoms with Gasteiger partial charge in [-0.05, 0) is 31.6 Å². The molecule has 1 rings (SSSR count). The highest BCUT2D eigenvalue weighted by Crippen LogP contribution is 2.34. The second-order valence-corrected chi connectivity index (χ2v) is 4.75. The van der Waals surface area contributed by atoms with Crippen molar-refractivity contribution in [2.75, 3.05) is 0 Å². The molecule has 1 saturated carbocycles. The third-order valence-electron chi connectivity index (χ3n) is 3.40. The molecule has 0 aliphatic heterocycles. The number of nitrogens with one attached hydrogen (secondary N) is 1. The summed E-state index contributed by atoms with van der Waals surface area (Å²) >= 11 is 0. The minimum atomic E-state index is -0.362. The van der Waals surface area contributed by atoms with Crippen LogP contribution in [0.5, 0.6) is 0 Å². The van der Waals surface area contributed by atoms with E-state index in [1.165, 1.54) is 6.42 Å². The third-order valence-corrected chi connectivity index (χ3v) is 3.40. The van der Waals surface area contributed by atoms with Crippen molar-refractivity contribution in [3.05, 3.63) is 0 Å². The van der Waals surface area contributed by atoms with Gasteiger partial charge in [0, 0.05) is 5.54 Å². The Bertz CT molecular complexity index is 204. The lowest BCUT2D eigenvalue weighted by molar-refractivity contribution is -0.126. The van der Waals surface area contributed by atoms with Crippen LogP contribution in [0.15, 0.2) is 0 Å². The van der Waals surface area contributed by atoms with Crippen molar-refractivity contribution in [2.24, 2.45) is 11.7 Å². The molecule has 1 aliphatic rings. The lowest BCUT2D eigenvalue weighted by Gasteiger charge is -2.42. The number of amides is 1. The Morgan fingerprint density at radius 1 is 1.50 bits per heavy atom. The zero-order valence-corrected chi connectivity index (χ0v) is 9.47. The van der Waals surface area contributed by atoms with Crippen LogP contribution in [0.1, 0.15) is 46.5 Å². The summed E-state index contributed by atoms with van der Waals surface area (Å²) in [6.45, 7) is 6.08. The molecule has 0 aromatic carbocycles. The lowest BCUT2D eigenvalue weighted by Crippen LogP contribution is -2.57. The van der Waals surface area contributed by atoms with Crippen LogP contribution in [0.4, 0.5) is 0 Å². The van der Waals surface area contributed by atoms with E-state index < -0.39 is 0 Å². The summed E-state index contributed by atoms with van der Waals surface area (Å²) in [6, 6.07) is -0.362. The Kier molecular flexibility index (Phi) is 3.53. The van der Waals surface area contributed by atoms with Crippen molar-refractivity contribution in [1.82, 2.24) is 5.32 Å². The Hall–Kier alpha value is -0.570. The van der Waals surface area contributed by atoms with Crippen molar-refractivity contribution >= 4 is 5.91 Å². The first-order valence-corrected chi connectivity index (χ1v) is 5.58. The molecule has 0 unspecified atom stereocenters. The first-order valence-electron chi connectivity index (χ1n) is 5.58. The zero-order chi connectivity index (χ0) is 10.8. The fourth-order valence-electron chi connectivity index (χ4n) is 1.82. The monoisotopic (exact) mass is 198 g/mol. The van der Waals surface area contributed by atoms with E-state index >= 15 is 0 Å². The van der Waals surface area contributed by atoms with E-state index in [4.69, 9.17) is 5.73 Å². The van der Waals surface area contributed by atoms with E-state index in [0.29, 0.717) is 0 Å². The highest BCUT2D eigenvalue weighted by atomic mass is 16.2. The summed E-state index contributed by atoms with van der Waals surface area (Å²) in [5, 5.41) is 3.10. The van der Waals surface area contributed by atoms with Crippen molar-refractivity contribution in [3.63, 3.8) is 0 Å². The maximum Gasteiger partial charge on any atom is 0.237 e. The van der Waals surface area contributed by atoms with Gasteiger partial charge in [0.05, 0.1) is 6.04 Å². The predicted octanol–water partition coefficient (Wildman–Crippen LogP) is 1.42. The molecule has 0 bridgehead atoms. The van der Waals surface area contributed by atoms with E-state index in [-0.39, 0.29) is 23.4 Å². The third kappa shape index (κ3) is 2.27. The summed E-state index contributed by atoms with van der Waals surface area (Å²) in [4.78, 5) is 11.7. The topological polar surface area (TPSA) is 55.1 Å². The maximum atomic E-state index is 11.7. The summed E-state index contributed by atoms with van der Waals surface area (Å²) < 4.78 is 0. The van der Waals surface area contributed by atoms with Gasteiger partial charge in [-0.25, -0.2) is 0 Å². The van der Waals surface area contributed by atoms with E-state index in [0.717, 1.165) is 19.3 Å². The van der Waals surface area contributed by atoms with E-state index in [1.807, 2.05) is 13.8 Å². The van der Waals surface area contributed by atoms with Gasteiger partial charge in [-0.2, -0.15) is 0 Å². The quantitative estimate of drug-likeness (QED) is 0.717. The van der Waals surface area contributed by atoms with Crippen LogP contribution in [0.25, 0.3) is 0 Å². The molecule has 3 heteroatoms. The van der Waals surface area contributed by atoms with Gasteiger partial charge < -0.3 is 11.1 Å². The molecule has 82 valence electrons. The first kappa shape index (κ1) is 11.5. The van der Waals surface area contributed by atoms with Gasteiger partial charge in [-0.1, -0.05) is 20.8 Å². The van der Waals surface area contributed by atoms with Crippen LogP contribution < -0.4 is 11.1 Å². The number of carbonyl (C=O) groups excluding carboxylic acids is 1. The van der Waals surface area contributed by atoms with Gasteiger partial charge >= 0.3 is 0 Å². The summed E-state index contributed by atoms with van der Waals surface area (Å²) in [6.07, 6.45) is 4.47. The standard InChI is InChI=1S/C11H22N2O/c1-4-11(6-5-7-11)13-10(14)9(12)8(2)3/h8-9H,4-7,12H2,1-3H3,(H,13,14)/t9-/m1/s1. The Morgan fingerprint density at radius 3 is 2.36 bits per heavy atom. The maximum absolute atomic E-state index is 11.7. The van der Waals surface area contributed by atoms with Crippen LogP contribution >= 0.6 is 0 Å². The molecule has 3 nitrogen and oxygen atoms in total. The smallest absolute Gasteiger partial charge is 0.237 e. The summed E-state index contributed by atoms with van der Waals surface area (Å²) in [5.41, 5.74) is 5.86. The van der Waals surface area contributed by atoms with Gasteiger partial charge in [-0.3, -0.25) is 4.79 Å². The molecule has 0 aromatic heterocycles. The molecule has 1 amide bonds. The molecule has 14 heavy (non-hydrogen) atoms. The minimum absolute atomic E-state index is 0.0153. The second kappa shape index (κ2) is 4.30. The van der Waals surface area contributed by atoms with Crippen LogP contribution in [0, 0.1) is 5.92 Å². The van der Waals surface area contributed by atoms with E-state index in [9.17, 15) is 4.79 Å². The van der Waals surface area contributed by atoms with Crippen molar-refractivity contribution in [3.8, 4) is 0 Å². The fourth-order valence-corrected chi connectivity index (χ4v) is 1.82. The molecule has 1 atom stereocenters. The summed E-state index contributed by atoms with van der Waals surface area (Å²) in [5.74, 6) is 0.227. The first-order chi connectivity index (χ1) is 6.51. The number of hydrogen-bond donors (Lipinski definition) is 2. The van der Waals surface area contributed by atoms with Gasteiger partial charge in [-0.15, -0.1) is 0 Å². The molecule has 0 radical (unpaired) electrons. The highest BCUT2D eigenvalue weighted by molar-refractivity contribution is 5.82. The Morgan fingerprint density at radius 2 is 2.07 bits per heavy atom. The minimum Gasteiger partial charge on any atom is -0.349 e. The SMILES string of the molecule is CCC1(NC(=O)[C@H](N)C(C)C)CCC1. The second-order valence-electron chi connectivity index (χ2n) is 4.75. The molecule has 0 heterocycles.